The van der Waals surface area contributed by atoms with Crippen LogP contribution in [0.25, 0.3) is 16.9 Å². The third kappa shape index (κ3) is 4.66. The van der Waals surface area contributed by atoms with E-state index in [1.54, 1.807) is 29.7 Å². The second-order valence-corrected chi connectivity index (χ2v) is 9.62. The molecule has 39 heavy (non-hydrogen) atoms. The molecule has 3 N–H and O–H groups in total. The van der Waals surface area contributed by atoms with E-state index in [9.17, 15) is 27.2 Å². The molecule has 4 aromatic rings. The summed E-state index contributed by atoms with van der Waals surface area (Å²) in [5, 5.41) is 2.32. The van der Waals surface area contributed by atoms with E-state index in [1.165, 1.54) is 25.3 Å². The highest BCUT2D eigenvalue weighted by molar-refractivity contribution is 5.93. The van der Waals surface area contributed by atoms with Crippen molar-refractivity contribution in [2.75, 3.05) is 13.2 Å². The molecule has 0 saturated heterocycles. The molecule has 0 aliphatic carbocycles. The lowest BCUT2D eigenvalue weighted by atomic mass is 9.82. The first-order chi connectivity index (χ1) is 18.4. The summed E-state index contributed by atoms with van der Waals surface area (Å²) in [6.07, 6.45) is -1.73. The summed E-state index contributed by atoms with van der Waals surface area (Å²) in [7, 11) is 0. The molecule has 5 rings (SSSR count). The van der Waals surface area contributed by atoms with Crippen molar-refractivity contribution >= 4 is 17.5 Å². The van der Waals surface area contributed by atoms with Crippen molar-refractivity contribution in [3.05, 3.63) is 83.2 Å². The SMILES string of the molecule is Cc1cccn2cc(C(=O)NC[C@H](c3cc4c(c(-c5ccc(F)cc5)n3)OC[C@]4(C)C(N)=O)C(F)(F)F)nc12. The van der Waals surface area contributed by atoms with Gasteiger partial charge in [0.15, 0.2) is 0 Å². The van der Waals surface area contributed by atoms with Gasteiger partial charge in [0.25, 0.3) is 5.91 Å². The van der Waals surface area contributed by atoms with E-state index in [1.807, 2.05) is 0 Å². The Balaban J connectivity index is 1.54. The van der Waals surface area contributed by atoms with Crippen LogP contribution in [0.2, 0.25) is 0 Å². The van der Waals surface area contributed by atoms with Crippen LogP contribution in [0.4, 0.5) is 17.6 Å². The third-order valence-corrected chi connectivity index (χ3v) is 6.88. The molecule has 0 unspecified atom stereocenters. The van der Waals surface area contributed by atoms with E-state index >= 15 is 0 Å². The number of hydrogen-bond acceptors (Lipinski definition) is 5. The zero-order valence-corrected chi connectivity index (χ0v) is 20.8. The minimum Gasteiger partial charge on any atom is -0.489 e. The normalized spacial score (nSPS) is 17.5. The van der Waals surface area contributed by atoms with Crippen LogP contribution in [0.15, 0.2) is 54.9 Å². The summed E-state index contributed by atoms with van der Waals surface area (Å²) in [4.78, 5) is 33.6. The van der Waals surface area contributed by atoms with Gasteiger partial charge in [-0.2, -0.15) is 13.2 Å². The monoisotopic (exact) mass is 541 g/mol. The molecule has 2 atom stereocenters. The van der Waals surface area contributed by atoms with Gasteiger partial charge in [-0.15, -0.1) is 0 Å². The zero-order valence-electron chi connectivity index (χ0n) is 20.8. The van der Waals surface area contributed by atoms with Crippen LogP contribution in [-0.4, -0.2) is 45.5 Å². The quantitative estimate of drug-likeness (QED) is 0.358. The molecule has 0 spiro atoms. The van der Waals surface area contributed by atoms with Crippen LogP contribution in [-0.2, 0) is 10.2 Å². The smallest absolute Gasteiger partial charge is 0.398 e. The minimum absolute atomic E-state index is 0.00359. The number of benzene rings is 1. The van der Waals surface area contributed by atoms with Crippen molar-refractivity contribution in [3.8, 4) is 17.0 Å². The summed E-state index contributed by atoms with van der Waals surface area (Å²) in [5.74, 6) is -4.29. The predicted molar refractivity (Wildman–Crippen MR) is 133 cm³/mol. The van der Waals surface area contributed by atoms with Crippen molar-refractivity contribution in [1.82, 2.24) is 19.7 Å². The number of ether oxygens (including phenoxy) is 1. The summed E-state index contributed by atoms with van der Waals surface area (Å²) < 4.78 is 64.0. The highest BCUT2D eigenvalue weighted by Gasteiger charge is 2.47. The molecule has 12 heteroatoms. The molecule has 0 saturated carbocycles. The molecular weight excluding hydrogens is 518 g/mol. The summed E-state index contributed by atoms with van der Waals surface area (Å²) in [6, 6.07) is 9.66. The standard InChI is InChI=1S/C27H23F4N5O3/c1-14-4-3-9-36-12-20(35-23(14)36)24(37)33-11-18(27(29,30)31)19-10-17-22(39-13-26(17,2)25(32)38)21(34-19)15-5-7-16(28)8-6-15/h3-10,12,18H,11,13H2,1-2H3,(H2,32,38)(H,33,37)/t18-,26+/m1/s1. The van der Waals surface area contributed by atoms with E-state index in [4.69, 9.17) is 10.5 Å². The number of imidazole rings is 1. The Morgan fingerprint density at radius 3 is 2.56 bits per heavy atom. The molecule has 1 aliphatic heterocycles. The van der Waals surface area contributed by atoms with Gasteiger partial charge in [0.1, 0.15) is 46.5 Å². The van der Waals surface area contributed by atoms with Gasteiger partial charge in [0.05, 0.1) is 5.69 Å². The number of pyridine rings is 2. The molecule has 0 radical (unpaired) electrons. The van der Waals surface area contributed by atoms with E-state index in [0.717, 1.165) is 23.8 Å². The van der Waals surface area contributed by atoms with Crippen LogP contribution in [0.3, 0.4) is 0 Å². The van der Waals surface area contributed by atoms with Crippen LogP contribution in [0.1, 0.15) is 40.2 Å². The van der Waals surface area contributed by atoms with E-state index in [-0.39, 0.29) is 34.9 Å². The van der Waals surface area contributed by atoms with E-state index in [2.05, 4.69) is 15.3 Å². The van der Waals surface area contributed by atoms with Gasteiger partial charge in [-0.3, -0.25) is 9.59 Å². The third-order valence-electron chi connectivity index (χ3n) is 6.88. The fourth-order valence-corrected chi connectivity index (χ4v) is 4.53. The Hall–Kier alpha value is -4.48. The van der Waals surface area contributed by atoms with Crippen molar-refractivity contribution < 1.29 is 31.9 Å². The predicted octanol–water partition coefficient (Wildman–Crippen LogP) is 4.06. The Bertz CT molecular complexity index is 1600. The maximum Gasteiger partial charge on any atom is 0.398 e. The van der Waals surface area contributed by atoms with Crippen molar-refractivity contribution in [3.63, 3.8) is 0 Å². The van der Waals surface area contributed by atoms with Crippen LogP contribution >= 0.6 is 0 Å². The number of nitrogens with two attached hydrogens (primary N) is 1. The first kappa shape index (κ1) is 26.1. The Morgan fingerprint density at radius 2 is 1.92 bits per heavy atom. The number of hydrogen-bond donors (Lipinski definition) is 2. The minimum atomic E-state index is -4.83. The van der Waals surface area contributed by atoms with Crippen LogP contribution < -0.4 is 15.8 Å². The fraction of sp³-hybridized carbons (Fsp3) is 0.259. The lowest BCUT2D eigenvalue weighted by Gasteiger charge is -2.23. The summed E-state index contributed by atoms with van der Waals surface area (Å²) in [5.41, 5.74) is 5.39. The Morgan fingerprint density at radius 1 is 1.21 bits per heavy atom. The molecule has 2 amide bonds. The molecule has 1 aliphatic rings. The number of aromatic nitrogens is 3. The number of amides is 2. The van der Waals surface area contributed by atoms with Crippen molar-refractivity contribution in [1.29, 1.82) is 0 Å². The molecule has 1 aromatic carbocycles. The fourth-order valence-electron chi connectivity index (χ4n) is 4.53. The molecule has 0 bridgehead atoms. The lowest BCUT2D eigenvalue weighted by Crippen LogP contribution is -2.40. The molecule has 202 valence electrons. The number of halogens is 4. The number of carbonyl (C=O) groups is 2. The molecule has 0 fully saturated rings. The first-order valence-electron chi connectivity index (χ1n) is 11.9. The van der Waals surface area contributed by atoms with Crippen molar-refractivity contribution in [2.45, 2.75) is 31.4 Å². The Labute approximate surface area is 219 Å². The highest BCUT2D eigenvalue weighted by Crippen LogP contribution is 2.46. The lowest BCUT2D eigenvalue weighted by molar-refractivity contribution is -0.149. The number of nitrogens with zero attached hydrogens (tertiary/aromatic N) is 3. The van der Waals surface area contributed by atoms with Gasteiger partial charge in [0, 0.05) is 30.1 Å². The van der Waals surface area contributed by atoms with E-state index < -0.39 is 47.4 Å². The van der Waals surface area contributed by atoms with Gasteiger partial charge >= 0.3 is 6.18 Å². The number of primary amides is 1. The van der Waals surface area contributed by atoms with Gasteiger partial charge in [-0.25, -0.2) is 14.4 Å². The number of alkyl halides is 3. The van der Waals surface area contributed by atoms with Gasteiger partial charge < -0.3 is 20.2 Å². The molecule has 4 heterocycles. The first-order valence-corrected chi connectivity index (χ1v) is 11.9. The maximum atomic E-state index is 14.4. The van der Waals surface area contributed by atoms with Crippen molar-refractivity contribution in [2.24, 2.45) is 5.73 Å². The summed E-state index contributed by atoms with van der Waals surface area (Å²) >= 11 is 0. The van der Waals surface area contributed by atoms with Crippen LogP contribution in [0.5, 0.6) is 5.75 Å². The van der Waals surface area contributed by atoms with Gasteiger partial charge in [0.2, 0.25) is 5.91 Å². The molecule has 3 aromatic heterocycles. The molecule has 8 nitrogen and oxygen atoms in total. The summed E-state index contributed by atoms with van der Waals surface area (Å²) in [6.45, 7) is 2.22. The van der Waals surface area contributed by atoms with Gasteiger partial charge in [-0.05, 0) is 55.8 Å². The second kappa shape index (κ2) is 9.37. The largest absolute Gasteiger partial charge is 0.489 e. The number of fused-ring (bicyclic) bond motifs is 2. The maximum absolute atomic E-state index is 14.4. The molecular formula is C27H23F4N5O3. The van der Waals surface area contributed by atoms with Gasteiger partial charge in [-0.1, -0.05) is 6.07 Å². The number of rotatable bonds is 6. The average Bonchev–Trinajstić information content (AvgIpc) is 3.47. The number of aryl methyl sites for hydroxylation is 1. The zero-order chi connectivity index (χ0) is 28.1. The van der Waals surface area contributed by atoms with E-state index in [0.29, 0.717) is 5.65 Å². The highest BCUT2D eigenvalue weighted by atomic mass is 19.4. The average molecular weight is 542 g/mol. The number of carbonyl (C=O) groups excluding carboxylic acids is 2. The topological polar surface area (TPSA) is 112 Å². The van der Waals surface area contributed by atoms with Crippen LogP contribution in [0, 0.1) is 12.7 Å². The second-order valence-electron chi connectivity index (χ2n) is 9.62. The number of nitrogens with one attached hydrogen (secondary N) is 1. The Kier molecular flexibility index (Phi) is 6.28.